The summed E-state index contributed by atoms with van der Waals surface area (Å²) in [5.74, 6) is 0. The highest BCUT2D eigenvalue weighted by atomic mass is 79.9. The Morgan fingerprint density at radius 3 is 2.63 bits per heavy atom. The fourth-order valence-electron chi connectivity index (χ4n) is 1.77. The van der Waals surface area contributed by atoms with E-state index in [1.54, 1.807) is 0 Å². The van der Waals surface area contributed by atoms with Gasteiger partial charge in [-0.25, -0.2) is 4.79 Å². The molecule has 0 saturated heterocycles. The third-order valence-corrected chi connectivity index (χ3v) is 3.68. The molecule has 0 aliphatic heterocycles. The summed E-state index contributed by atoms with van der Waals surface area (Å²) in [4.78, 5) is 11.7. The minimum Gasteiger partial charge on any atom is -0.394 e. The Morgan fingerprint density at radius 1 is 1.37 bits per heavy atom. The van der Waals surface area contributed by atoms with E-state index in [1.165, 1.54) is 0 Å². The summed E-state index contributed by atoms with van der Waals surface area (Å²) >= 11 is 3.49. The number of carbonyl (C=O) groups is 1. The Morgan fingerprint density at radius 2 is 2.05 bits per heavy atom. The van der Waals surface area contributed by atoms with Gasteiger partial charge >= 0.3 is 6.03 Å². The molecule has 0 bridgehead atoms. The van der Waals surface area contributed by atoms with Gasteiger partial charge < -0.3 is 15.7 Å². The van der Waals surface area contributed by atoms with E-state index in [0.717, 1.165) is 16.5 Å². The maximum atomic E-state index is 11.7. The van der Waals surface area contributed by atoms with Crippen LogP contribution in [-0.4, -0.2) is 29.8 Å². The zero-order valence-electron chi connectivity index (χ0n) is 11.3. The van der Waals surface area contributed by atoms with Gasteiger partial charge in [0, 0.05) is 10.5 Å². The number of rotatable bonds is 6. The lowest BCUT2D eigenvalue weighted by Crippen LogP contribution is -2.47. The van der Waals surface area contributed by atoms with Crippen LogP contribution in [0.25, 0.3) is 0 Å². The molecule has 1 aromatic rings. The number of urea groups is 1. The van der Waals surface area contributed by atoms with Crippen molar-refractivity contribution in [3.8, 4) is 0 Å². The molecule has 0 fully saturated rings. The van der Waals surface area contributed by atoms with E-state index in [2.05, 4.69) is 26.6 Å². The van der Waals surface area contributed by atoms with E-state index in [1.807, 2.05) is 38.1 Å². The number of aliphatic hydroxyl groups excluding tert-OH is 1. The number of nitrogens with one attached hydrogen (secondary N) is 2. The first-order chi connectivity index (χ1) is 9.06. The Balaban J connectivity index is 2.45. The van der Waals surface area contributed by atoms with Crippen LogP contribution in [0.3, 0.4) is 0 Å². The van der Waals surface area contributed by atoms with Crippen LogP contribution in [0.15, 0.2) is 28.7 Å². The first-order valence-corrected chi connectivity index (χ1v) is 7.27. The number of amides is 2. The number of hydrogen-bond acceptors (Lipinski definition) is 2. The summed E-state index contributed by atoms with van der Waals surface area (Å²) in [5, 5.41) is 14.6. The van der Waals surface area contributed by atoms with Crippen molar-refractivity contribution in [1.82, 2.24) is 10.6 Å². The normalized spacial score (nSPS) is 13.7. The maximum Gasteiger partial charge on any atom is 0.315 e. The largest absolute Gasteiger partial charge is 0.394 e. The van der Waals surface area contributed by atoms with Gasteiger partial charge in [-0.3, -0.25) is 0 Å². The van der Waals surface area contributed by atoms with Crippen molar-refractivity contribution >= 4 is 22.0 Å². The molecule has 4 nitrogen and oxygen atoms in total. The minimum atomic E-state index is -0.236. The van der Waals surface area contributed by atoms with Gasteiger partial charge in [0.05, 0.1) is 12.6 Å². The highest BCUT2D eigenvalue weighted by Gasteiger charge is 2.12. The molecule has 0 aliphatic rings. The Kier molecular flexibility index (Phi) is 6.87. The average Bonchev–Trinajstić information content (AvgIpc) is 2.38. The lowest BCUT2D eigenvalue weighted by molar-refractivity contribution is 0.212. The number of aliphatic hydroxyl groups is 1. The maximum absolute atomic E-state index is 11.7. The Labute approximate surface area is 122 Å². The average molecular weight is 329 g/mol. The van der Waals surface area contributed by atoms with Gasteiger partial charge in [-0.05, 0) is 31.4 Å². The SMILES string of the molecule is CCC(CO)NC(=O)NC(C)Cc1ccccc1Br. The second-order valence-electron chi connectivity index (χ2n) is 4.60. The third kappa shape index (κ3) is 5.61. The van der Waals surface area contributed by atoms with Crippen molar-refractivity contribution in [1.29, 1.82) is 0 Å². The van der Waals surface area contributed by atoms with Crippen LogP contribution in [0.1, 0.15) is 25.8 Å². The van der Waals surface area contributed by atoms with Crippen LogP contribution in [-0.2, 0) is 6.42 Å². The molecular weight excluding hydrogens is 308 g/mol. The molecule has 2 atom stereocenters. The van der Waals surface area contributed by atoms with Crippen molar-refractivity contribution in [2.45, 2.75) is 38.8 Å². The number of carbonyl (C=O) groups excluding carboxylic acids is 1. The van der Waals surface area contributed by atoms with Gasteiger partial charge in [0.15, 0.2) is 0 Å². The summed E-state index contributed by atoms with van der Waals surface area (Å²) in [6, 6.07) is 7.56. The second kappa shape index (κ2) is 8.17. The van der Waals surface area contributed by atoms with E-state index in [4.69, 9.17) is 5.11 Å². The zero-order chi connectivity index (χ0) is 14.3. The topological polar surface area (TPSA) is 61.4 Å². The van der Waals surface area contributed by atoms with Crippen molar-refractivity contribution < 1.29 is 9.90 Å². The van der Waals surface area contributed by atoms with E-state index in [-0.39, 0.29) is 24.7 Å². The van der Waals surface area contributed by atoms with Gasteiger partial charge in [-0.1, -0.05) is 41.1 Å². The van der Waals surface area contributed by atoms with Gasteiger partial charge in [0.2, 0.25) is 0 Å². The van der Waals surface area contributed by atoms with Gasteiger partial charge in [0.25, 0.3) is 0 Å². The molecule has 0 aliphatic carbocycles. The van der Waals surface area contributed by atoms with E-state index in [9.17, 15) is 4.79 Å². The zero-order valence-corrected chi connectivity index (χ0v) is 12.9. The first kappa shape index (κ1) is 16.0. The fraction of sp³-hybridized carbons (Fsp3) is 0.500. The smallest absolute Gasteiger partial charge is 0.315 e. The van der Waals surface area contributed by atoms with Crippen LogP contribution in [0.2, 0.25) is 0 Å². The molecule has 2 unspecified atom stereocenters. The molecule has 1 aromatic carbocycles. The monoisotopic (exact) mass is 328 g/mol. The Hall–Kier alpha value is -1.07. The van der Waals surface area contributed by atoms with E-state index in [0.29, 0.717) is 6.42 Å². The van der Waals surface area contributed by atoms with Gasteiger partial charge in [0.1, 0.15) is 0 Å². The molecule has 0 saturated carbocycles. The molecule has 2 amide bonds. The highest BCUT2D eigenvalue weighted by Crippen LogP contribution is 2.17. The number of hydrogen-bond donors (Lipinski definition) is 3. The summed E-state index contributed by atoms with van der Waals surface area (Å²) in [6.07, 6.45) is 1.47. The Bertz CT molecular complexity index is 408. The van der Waals surface area contributed by atoms with Crippen molar-refractivity contribution in [3.63, 3.8) is 0 Å². The third-order valence-electron chi connectivity index (χ3n) is 2.91. The van der Waals surface area contributed by atoms with Crippen LogP contribution in [0.5, 0.6) is 0 Å². The van der Waals surface area contributed by atoms with Crippen molar-refractivity contribution in [3.05, 3.63) is 34.3 Å². The molecule has 0 radical (unpaired) electrons. The van der Waals surface area contributed by atoms with Gasteiger partial charge in [-0.2, -0.15) is 0 Å². The van der Waals surface area contributed by atoms with Crippen molar-refractivity contribution in [2.75, 3.05) is 6.61 Å². The molecular formula is C14H21BrN2O2. The number of benzene rings is 1. The molecule has 0 heterocycles. The fourth-order valence-corrected chi connectivity index (χ4v) is 2.22. The number of halogens is 1. The molecule has 106 valence electrons. The van der Waals surface area contributed by atoms with Crippen LogP contribution in [0, 0.1) is 0 Å². The quantitative estimate of drug-likeness (QED) is 0.751. The second-order valence-corrected chi connectivity index (χ2v) is 5.46. The molecule has 1 rings (SSSR count). The molecule has 0 aromatic heterocycles. The summed E-state index contributed by atoms with van der Waals surface area (Å²) in [6.45, 7) is 3.84. The molecule has 19 heavy (non-hydrogen) atoms. The van der Waals surface area contributed by atoms with Gasteiger partial charge in [-0.15, -0.1) is 0 Å². The molecule has 0 spiro atoms. The lowest BCUT2D eigenvalue weighted by atomic mass is 10.1. The van der Waals surface area contributed by atoms with Crippen LogP contribution in [0.4, 0.5) is 4.79 Å². The minimum absolute atomic E-state index is 0.0231. The summed E-state index contributed by atoms with van der Waals surface area (Å²) < 4.78 is 1.05. The van der Waals surface area contributed by atoms with E-state index >= 15 is 0 Å². The predicted molar refractivity (Wildman–Crippen MR) is 80.1 cm³/mol. The lowest BCUT2D eigenvalue weighted by Gasteiger charge is -2.19. The highest BCUT2D eigenvalue weighted by molar-refractivity contribution is 9.10. The predicted octanol–water partition coefficient (Wildman–Crippen LogP) is 2.45. The standard InChI is InChI=1S/C14H21BrN2O2/c1-3-12(9-18)17-14(19)16-10(2)8-11-6-4-5-7-13(11)15/h4-7,10,12,18H,3,8-9H2,1-2H3,(H2,16,17,19). The summed E-state index contributed by atoms with van der Waals surface area (Å²) in [5.41, 5.74) is 1.16. The van der Waals surface area contributed by atoms with Crippen LogP contribution >= 0.6 is 15.9 Å². The first-order valence-electron chi connectivity index (χ1n) is 6.48. The molecule has 3 N–H and O–H groups in total. The van der Waals surface area contributed by atoms with Crippen LogP contribution < -0.4 is 10.6 Å². The summed E-state index contributed by atoms with van der Waals surface area (Å²) in [7, 11) is 0. The van der Waals surface area contributed by atoms with Crippen molar-refractivity contribution in [2.24, 2.45) is 0 Å². The van der Waals surface area contributed by atoms with E-state index < -0.39 is 0 Å². The molecule has 5 heteroatoms.